The van der Waals surface area contributed by atoms with Gasteiger partial charge in [-0.1, -0.05) is 6.07 Å². The van der Waals surface area contributed by atoms with Crippen LogP contribution < -0.4 is 10.9 Å². The number of aromatic nitrogens is 4. The Kier molecular flexibility index (Phi) is 9.69. The van der Waals surface area contributed by atoms with Gasteiger partial charge in [-0.15, -0.1) is 0 Å². The lowest BCUT2D eigenvalue weighted by molar-refractivity contribution is -0.897. The number of alkyl halides is 3. The largest absolute Gasteiger partial charge is 0.416 e. The maximum atomic E-state index is 14.2. The molecule has 2 fully saturated rings. The van der Waals surface area contributed by atoms with Crippen molar-refractivity contribution in [2.75, 3.05) is 34.2 Å². The monoisotopic (exact) mass is 703 g/mol. The first kappa shape index (κ1) is 35.7. The van der Waals surface area contributed by atoms with Crippen LogP contribution in [-0.4, -0.2) is 86.7 Å². The standard InChI is InChI=1S/C37H41F3N8O3/c1-44-33(31-16-19-42-46(31)28-14-8-24(23-41)9-15-28)32(36(51)47(44)29-7-5-6-26(22-29)37(38,39)40)34(49)43-27-12-10-25(11-13-27)35(50)45-20-17-30(18-21-45)48(2,3)4/h5-9,14-16,19,22,25,27,30H,10-13,17-18,20-21H2,1-4H3/p+1. The van der Waals surface area contributed by atoms with Crippen LogP contribution in [0.2, 0.25) is 0 Å². The number of piperidine rings is 1. The molecule has 1 N–H and O–H groups in total. The molecule has 2 aromatic carbocycles. The highest BCUT2D eigenvalue weighted by molar-refractivity contribution is 6.00. The SMILES string of the molecule is Cn1c(-c2ccnn2-c2ccc(C#N)cc2)c(C(=O)NC2CCC(C(=O)N3CCC([N+](C)(C)C)CC3)CC2)c(=O)n1-c1cccc(C(F)(F)F)c1. The Morgan fingerprint density at radius 2 is 1.61 bits per heavy atom. The van der Waals surface area contributed by atoms with Crippen molar-refractivity contribution in [3.8, 4) is 28.8 Å². The van der Waals surface area contributed by atoms with Crippen LogP contribution >= 0.6 is 0 Å². The number of benzene rings is 2. The summed E-state index contributed by atoms with van der Waals surface area (Å²) in [5.74, 6) is -0.642. The Balaban J connectivity index is 1.28. The zero-order valence-electron chi connectivity index (χ0n) is 29.2. The number of nitrogens with one attached hydrogen (secondary N) is 1. The lowest BCUT2D eigenvalue weighted by Gasteiger charge is -2.41. The first-order valence-electron chi connectivity index (χ1n) is 17.1. The molecule has 51 heavy (non-hydrogen) atoms. The van der Waals surface area contributed by atoms with Gasteiger partial charge in [-0.2, -0.15) is 23.5 Å². The molecule has 1 saturated heterocycles. The summed E-state index contributed by atoms with van der Waals surface area (Å²) in [7, 11) is 8.05. The molecule has 3 heterocycles. The fourth-order valence-electron chi connectivity index (χ4n) is 7.44. The number of amides is 2. The van der Waals surface area contributed by atoms with Crippen molar-refractivity contribution >= 4 is 11.8 Å². The molecule has 6 rings (SSSR count). The number of quaternary nitrogens is 1. The fraction of sp³-hybridized carbons (Fsp3) is 0.432. The summed E-state index contributed by atoms with van der Waals surface area (Å²) in [5, 5.41) is 16.7. The quantitative estimate of drug-likeness (QED) is 0.275. The van der Waals surface area contributed by atoms with E-state index in [1.54, 1.807) is 30.3 Å². The molecule has 2 aliphatic rings. The molecule has 1 saturated carbocycles. The van der Waals surface area contributed by atoms with E-state index in [0.29, 0.717) is 48.7 Å². The van der Waals surface area contributed by atoms with E-state index < -0.39 is 23.2 Å². The van der Waals surface area contributed by atoms with Gasteiger partial charge in [0.25, 0.3) is 11.5 Å². The molecule has 268 valence electrons. The van der Waals surface area contributed by atoms with E-state index in [1.807, 2.05) is 4.90 Å². The summed E-state index contributed by atoms with van der Waals surface area (Å²) in [6, 6.07) is 14.8. The third kappa shape index (κ3) is 7.21. The van der Waals surface area contributed by atoms with E-state index in [9.17, 15) is 32.8 Å². The highest BCUT2D eigenvalue weighted by Crippen LogP contribution is 2.32. The van der Waals surface area contributed by atoms with Gasteiger partial charge in [-0.3, -0.25) is 19.1 Å². The van der Waals surface area contributed by atoms with Crippen LogP contribution in [0.5, 0.6) is 0 Å². The zero-order valence-corrected chi connectivity index (χ0v) is 29.2. The predicted molar refractivity (Wildman–Crippen MR) is 184 cm³/mol. The van der Waals surface area contributed by atoms with Gasteiger partial charge in [0.05, 0.1) is 67.6 Å². The van der Waals surface area contributed by atoms with Crippen LogP contribution in [0.25, 0.3) is 22.8 Å². The molecular formula is C37H42F3N8O3+. The summed E-state index contributed by atoms with van der Waals surface area (Å²) >= 11 is 0. The maximum Gasteiger partial charge on any atom is 0.416 e. The molecule has 0 bridgehead atoms. The molecule has 2 amide bonds. The normalized spacial score (nSPS) is 18.7. The number of nitrogens with zero attached hydrogens (tertiary/aromatic N) is 7. The molecule has 1 aliphatic carbocycles. The third-order valence-electron chi connectivity index (χ3n) is 10.3. The number of carbonyl (C=O) groups is 2. The van der Waals surface area contributed by atoms with E-state index in [-0.39, 0.29) is 34.8 Å². The number of hydrogen-bond acceptors (Lipinski definition) is 5. The average molecular weight is 704 g/mol. The first-order valence-corrected chi connectivity index (χ1v) is 17.1. The van der Waals surface area contributed by atoms with Gasteiger partial charge in [0.15, 0.2) is 0 Å². The van der Waals surface area contributed by atoms with Gasteiger partial charge in [0.2, 0.25) is 5.91 Å². The molecule has 4 aromatic rings. The van der Waals surface area contributed by atoms with E-state index in [2.05, 4.69) is 37.6 Å². The molecular weight excluding hydrogens is 661 g/mol. The highest BCUT2D eigenvalue weighted by atomic mass is 19.4. The maximum absolute atomic E-state index is 14.2. The fourth-order valence-corrected chi connectivity index (χ4v) is 7.44. The smallest absolute Gasteiger partial charge is 0.349 e. The van der Waals surface area contributed by atoms with Crippen molar-refractivity contribution in [1.29, 1.82) is 5.26 Å². The van der Waals surface area contributed by atoms with Crippen LogP contribution in [0.4, 0.5) is 13.2 Å². The van der Waals surface area contributed by atoms with E-state index in [4.69, 9.17) is 0 Å². The van der Waals surface area contributed by atoms with Crippen molar-refractivity contribution in [2.24, 2.45) is 13.0 Å². The van der Waals surface area contributed by atoms with Gasteiger partial charge in [-0.25, -0.2) is 9.36 Å². The summed E-state index contributed by atoms with van der Waals surface area (Å²) < 4.78 is 45.9. The first-order chi connectivity index (χ1) is 24.2. The Hall–Kier alpha value is -5.16. The number of hydrogen-bond donors (Lipinski definition) is 1. The zero-order chi connectivity index (χ0) is 36.7. The third-order valence-corrected chi connectivity index (χ3v) is 10.3. The average Bonchev–Trinajstić information content (AvgIpc) is 3.69. The molecule has 14 heteroatoms. The lowest BCUT2D eigenvalue weighted by Crippen LogP contribution is -2.53. The van der Waals surface area contributed by atoms with Crippen molar-refractivity contribution in [3.05, 3.63) is 87.8 Å². The minimum atomic E-state index is -4.65. The number of rotatable bonds is 7. The highest BCUT2D eigenvalue weighted by Gasteiger charge is 2.36. The number of likely N-dealkylation sites (tertiary alicyclic amines) is 1. The molecule has 11 nitrogen and oxygen atoms in total. The van der Waals surface area contributed by atoms with Gasteiger partial charge in [0, 0.05) is 44.9 Å². The van der Waals surface area contributed by atoms with Gasteiger partial charge >= 0.3 is 6.18 Å². The van der Waals surface area contributed by atoms with Crippen molar-refractivity contribution < 1.29 is 27.2 Å². The molecule has 1 aliphatic heterocycles. The summed E-state index contributed by atoms with van der Waals surface area (Å²) in [6.45, 7) is 1.48. The number of carbonyl (C=O) groups excluding carboxylic acids is 2. The molecule has 0 spiro atoms. The van der Waals surface area contributed by atoms with E-state index >= 15 is 0 Å². The minimum Gasteiger partial charge on any atom is -0.349 e. The van der Waals surface area contributed by atoms with E-state index in [1.165, 1.54) is 34.7 Å². The number of halogens is 3. The Morgan fingerprint density at radius 3 is 2.22 bits per heavy atom. The van der Waals surface area contributed by atoms with Crippen LogP contribution in [0.3, 0.4) is 0 Å². The molecule has 0 unspecified atom stereocenters. The molecule has 0 atom stereocenters. The minimum absolute atomic E-state index is 0.0634. The lowest BCUT2D eigenvalue weighted by atomic mass is 9.84. The van der Waals surface area contributed by atoms with Crippen LogP contribution in [0.1, 0.15) is 60.0 Å². The second-order valence-electron chi connectivity index (χ2n) is 14.4. The number of nitriles is 1. The predicted octanol–water partition coefficient (Wildman–Crippen LogP) is 4.90. The molecule has 2 aromatic heterocycles. The van der Waals surface area contributed by atoms with Crippen molar-refractivity contribution in [1.82, 2.24) is 29.4 Å². The van der Waals surface area contributed by atoms with Gasteiger partial charge in [-0.05, 0) is 74.2 Å². The van der Waals surface area contributed by atoms with Gasteiger partial charge < -0.3 is 14.7 Å². The molecule has 0 radical (unpaired) electrons. The summed E-state index contributed by atoms with van der Waals surface area (Å²) in [4.78, 5) is 43.7. The Labute approximate surface area is 294 Å². The topological polar surface area (TPSA) is 118 Å². The Bertz CT molecular complexity index is 2020. The van der Waals surface area contributed by atoms with Crippen molar-refractivity contribution in [2.45, 2.75) is 56.8 Å². The second kappa shape index (κ2) is 13.9. The summed E-state index contributed by atoms with van der Waals surface area (Å²) in [5.41, 5.74) is -0.571. The van der Waals surface area contributed by atoms with Crippen LogP contribution in [0, 0.1) is 17.2 Å². The van der Waals surface area contributed by atoms with Crippen LogP contribution in [0.15, 0.2) is 65.6 Å². The van der Waals surface area contributed by atoms with Gasteiger partial charge in [0.1, 0.15) is 11.3 Å². The van der Waals surface area contributed by atoms with Crippen LogP contribution in [-0.2, 0) is 18.0 Å². The Morgan fingerprint density at radius 1 is 0.941 bits per heavy atom. The van der Waals surface area contributed by atoms with E-state index in [0.717, 1.165) is 47.2 Å². The summed E-state index contributed by atoms with van der Waals surface area (Å²) in [6.07, 6.45) is 1.05. The van der Waals surface area contributed by atoms with Crippen molar-refractivity contribution in [3.63, 3.8) is 0 Å². The second-order valence-corrected chi connectivity index (χ2v) is 14.4.